The molecule has 0 saturated carbocycles. The number of nitrogens with zero attached hydrogens (tertiary/aromatic N) is 1. The van der Waals surface area contributed by atoms with Crippen molar-refractivity contribution in [3.05, 3.63) is 28.7 Å². The van der Waals surface area contributed by atoms with E-state index in [1.54, 1.807) is 31.2 Å². The summed E-state index contributed by atoms with van der Waals surface area (Å²) in [6.07, 6.45) is 1.05. The lowest BCUT2D eigenvalue weighted by atomic mass is 9.97. The molecule has 2 rings (SSSR count). The maximum absolute atomic E-state index is 12.2. The van der Waals surface area contributed by atoms with E-state index < -0.39 is 11.8 Å². The Labute approximate surface area is 143 Å². The highest BCUT2D eigenvalue weighted by atomic mass is 79.9. The van der Waals surface area contributed by atoms with Crippen LogP contribution in [-0.2, 0) is 19.1 Å². The zero-order valence-corrected chi connectivity index (χ0v) is 14.5. The van der Waals surface area contributed by atoms with E-state index in [1.807, 2.05) is 0 Å². The summed E-state index contributed by atoms with van der Waals surface area (Å²) in [5, 5.41) is 2.58. The molecule has 7 heteroatoms. The Morgan fingerprint density at radius 1 is 1.22 bits per heavy atom. The van der Waals surface area contributed by atoms with Gasteiger partial charge in [-0.2, -0.15) is 0 Å². The predicted molar refractivity (Wildman–Crippen MR) is 88.7 cm³/mol. The molecule has 23 heavy (non-hydrogen) atoms. The molecule has 0 atom stereocenters. The second-order valence-electron chi connectivity index (χ2n) is 5.28. The molecule has 1 heterocycles. The van der Waals surface area contributed by atoms with E-state index in [1.165, 1.54) is 4.90 Å². The number of hydrogen-bond acceptors (Lipinski definition) is 4. The number of carbonyl (C=O) groups is 3. The van der Waals surface area contributed by atoms with Crippen molar-refractivity contribution < 1.29 is 19.1 Å². The van der Waals surface area contributed by atoms with E-state index in [2.05, 4.69) is 21.2 Å². The lowest BCUT2D eigenvalue weighted by Gasteiger charge is -2.30. The van der Waals surface area contributed by atoms with Gasteiger partial charge in [0.05, 0.1) is 12.5 Å². The molecule has 0 aromatic heterocycles. The van der Waals surface area contributed by atoms with Gasteiger partial charge in [0.1, 0.15) is 0 Å². The zero-order chi connectivity index (χ0) is 16.8. The minimum atomic E-state index is -0.665. The lowest BCUT2D eigenvalue weighted by molar-refractivity contribution is -0.152. The first kappa shape index (κ1) is 17.5. The molecule has 2 amide bonds. The average Bonchev–Trinajstić information content (AvgIpc) is 2.56. The third kappa shape index (κ3) is 4.79. The fourth-order valence-corrected chi connectivity index (χ4v) is 2.70. The van der Waals surface area contributed by atoms with Gasteiger partial charge >= 0.3 is 17.8 Å². The number of amides is 2. The summed E-state index contributed by atoms with van der Waals surface area (Å²) in [6.45, 7) is 2.89. The van der Waals surface area contributed by atoms with Crippen molar-refractivity contribution in [3.63, 3.8) is 0 Å². The summed E-state index contributed by atoms with van der Waals surface area (Å²) in [5.41, 5.74) is 0.563. The Morgan fingerprint density at radius 2 is 1.83 bits per heavy atom. The highest BCUT2D eigenvalue weighted by Gasteiger charge is 2.30. The molecular formula is C16H19BrN2O4. The molecule has 0 unspecified atom stereocenters. The van der Waals surface area contributed by atoms with Gasteiger partial charge in [0.15, 0.2) is 0 Å². The fourth-order valence-electron chi connectivity index (χ4n) is 2.44. The molecule has 1 fully saturated rings. The Bertz CT molecular complexity index is 580. The van der Waals surface area contributed by atoms with Crippen LogP contribution in [0.1, 0.15) is 19.8 Å². The number of anilines is 1. The maximum Gasteiger partial charge on any atom is 0.313 e. The van der Waals surface area contributed by atoms with Crippen LogP contribution in [0, 0.1) is 5.92 Å². The smallest absolute Gasteiger partial charge is 0.313 e. The van der Waals surface area contributed by atoms with E-state index >= 15 is 0 Å². The summed E-state index contributed by atoms with van der Waals surface area (Å²) in [6, 6.07) is 6.99. The lowest BCUT2D eigenvalue weighted by Crippen LogP contribution is -2.45. The fraction of sp³-hybridized carbons (Fsp3) is 0.438. The SMILES string of the molecule is CCOC(=O)C1CCN(C(=O)C(=O)Nc2ccc(Br)cc2)CC1. The second kappa shape index (κ2) is 8.10. The second-order valence-corrected chi connectivity index (χ2v) is 6.20. The normalized spacial score (nSPS) is 15.1. The van der Waals surface area contributed by atoms with Crippen LogP contribution >= 0.6 is 15.9 Å². The third-order valence-corrected chi connectivity index (χ3v) is 4.23. The van der Waals surface area contributed by atoms with Crippen molar-refractivity contribution in [2.75, 3.05) is 25.0 Å². The summed E-state index contributed by atoms with van der Waals surface area (Å²) in [4.78, 5) is 37.3. The van der Waals surface area contributed by atoms with E-state index in [9.17, 15) is 14.4 Å². The number of carbonyl (C=O) groups excluding carboxylic acids is 3. The van der Waals surface area contributed by atoms with Crippen molar-refractivity contribution in [2.24, 2.45) is 5.92 Å². The number of halogens is 1. The van der Waals surface area contributed by atoms with Gasteiger partial charge in [-0.3, -0.25) is 14.4 Å². The van der Waals surface area contributed by atoms with Crippen LogP contribution in [0.15, 0.2) is 28.7 Å². The van der Waals surface area contributed by atoms with E-state index in [-0.39, 0.29) is 11.9 Å². The molecule has 0 spiro atoms. The standard InChI is InChI=1S/C16H19BrN2O4/c1-2-23-16(22)11-7-9-19(10-8-11)15(21)14(20)18-13-5-3-12(17)4-6-13/h3-6,11H,2,7-10H2,1H3,(H,18,20). The highest BCUT2D eigenvalue weighted by Crippen LogP contribution is 2.19. The molecule has 1 aliphatic heterocycles. The van der Waals surface area contributed by atoms with E-state index in [0.29, 0.717) is 38.2 Å². The predicted octanol–water partition coefficient (Wildman–Crippen LogP) is 2.19. The summed E-state index contributed by atoms with van der Waals surface area (Å²) < 4.78 is 5.88. The molecule has 0 aliphatic carbocycles. The number of hydrogen-bond donors (Lipinski definition) is 1. The number of rotatable bonds is 3. The quantitative estimate of drug-likeness (QED) is 0.642. The van der Waals surface area contributed by atoms with Gasteiger partial charge in [0.2, 0.25) is 0 Å². The van der Waals surface area contributed by atoms with Crippen molar-refractivity contribution in [1.29, 1.82) is 0 Å². The number of piperidine rings is 1. The van der Waals surface area contributed by atoms with E-state index in [0.717, 1.165) is 4.47 Å². The van der Waals surface area contributed by atoms with Crippen LogP contribution in [-0.4, -0.2) is 42.4 Å². The number of nitrogens with one attached hydrogen (secondary N) is 1. The largest absolute Gasteiger partial charge is 0.466 e. The monoisotopic (exact) mass is 382 g/mol. The van der Waals surface area contributed by atoms with Crippen molar-refractivity contribution in [2.45, 2.75) is 19.8 Å². The van der Waals surface area contributed by atoms with Gasteiger partial charge in [-0.15, -0.1) is 0 Å². The van der Waals surface area contributed by atoms with Crippen molar-refractivity contribution in [1.82, 2.24) is 4.90 Å². The van der Waals surface area contributed by atoms with Gasteiger partial charge in [0.25, 0.3) is 0 Å². The molecule has 1 aromatic carbocycles. The van der Waals surface area contributed by atoms with E-state index in [4.69, 9.17) is 4.74 Å². The molecular weight excluding hydrogens is 364 g/mol. The zero-order valence-electron chi connectivity index (χ0n) is 12.9. The van der Waals surface area contributed by atoms with Gasteiger partial charge in [-0.1, -0.05) is 15.9 Å². The van der Waals surface area contributed by atoms with Crippen LogP contribution < -0.4 is 5.32 Å². The molecule has 1 aromatic rings. The van der Waals surface area contributed by atoms with Gasteiger partial charge in [-0.05, 0) is 44.0 Å². The number of benzene rings is 1. The van der Waals surface area contributed by atoms with Gasteiger partial charge in [0, 0.05) is 23.2 Å². The highest BCUT2D eigenvalue weighted by molar-refractivity contribution is 9.10. The maximum atomic E-state index is 12.2. The number of ether oxygens (including phenoxy) is 1. The number of esters is 1. The summed E-state index contributed by atoms with van der Waals surface area (Å²) in [5.74, 6) is -1.65. The minimum Gasteiger partial charge on any atom is -0.466 e. The van der Waals surface area contributed by atoms with Gasteiger partial charge in [-0.25, -0.2) is 0 Å². The molecule has 0 bridgehead atoms. The average molecular weight is 383 g/mol. The van der Waals surface area contributed by atoms with Crippen molar-refractivity contribution in [3.8, 4) is 0 Å². The first-order chi connectivity index (χ1) is 11.0. The third-order valence-electron chi connectivity index (χ3n) is 3.70. The first-order valence-corrected chi connectivity index (χ1v) is 8.33. The molecule has 0 radical (unpaired) electrons. The van der Waals surface area contributed by atoms with Crippen molar-refractivity contribution >= 4 is 39.4 Å². The topological polar surface area (TPSA) is 75.7 Å². The summed E-state index contributed by atoms with van der Waals surface area (Å²) >= 11 is 3.31. The van der Waals surface area contributed by atoms with Crippen LogP contribution in [0.4, 0.5) is 5.69 Å². The summed E-state index contributed by atoms with van der Waals surface area (Å²) in [7, 11) is 0. The Kier molecular flexibility index (Phi) is 6.15. The molecule has 124 valence electrons. The Morgan fingerprint density at radius 3 is 2.39 bits per heavy atom. The van der Waals surface area contributed by atoms with Gasteiger partial charge < -0.3 is 15.0 Å². The molecule has 1 N–H and O–H groups in total. The first-order valence-electron chi connectivity index (χ1n) is 7.53. The number of likely N-dealkylation sites (tertiary alicyclic amines) is 1. The molecule has 6 nitrogen and oxygen atoms in total. The Hall–Kier alpha value is -1.89. The van der Waals surface area contributed by atoms with Crippen LogP contribution in [0.25, 0.3) is 0 Å². The van der Waals surface area contributed by atoms with Crippen LogP contribution in [0.2, 0.25) is 0 Å². The van der Waals surface area contributed by atoms with Crippen LogP contribution in [0.5, 0.6) is 0 Å². The minimum absolute atomic E-state index is 0.187. The molecule has 1 saturated heterocycles. The Balaban J connectivity index is 1.85. The molecule has 1 aliphatic rings. The van der Waals surface area contributed by atoms with Crippen LogP contribution in [0.3, 0.4) is 0 Å².